The van der Waals surface area contributed by atoms with E-state index in [4.69, 9.17) is 11.6 Å². The van der Waals surface area contributed by atoms with E-state index in [0.29, 0.717) is 23.0 Å². The zero-order valence-corrected chi connectivity index (χ0v) is 14.6. The minimum atomic E-state index is -3.56. The molecule has 0 fully saturated rings. The molecule has 0 aliphatic carbocycles. The van der Waals surface area contributed by atoms with Gasteiger partial charge in [-0.3, -0.25) is 4.31 Å². The van der Waals surface area contributed by atoms with Crippen LogP contribution < -0.4 is 4.31 Å². The summed E-state index contributed by atoms with van der Waals surface area (Å²) in [6.45, 7) is 5.99. The Labute approximate surface area is 135 Å². The lowest BCUT2D eigenvalue weighted by Gasteiger charge is -2.23. The van der Waals surface area contributed by atoms with Gasteiger partial charge in [0.15, 0.2) is 0 Å². The molecule has 0 atom stereocenters. The lowest BCUT2D eigenvalue weighted by atomic mass is 10.2. The van der Waals surface area contributed by atoms with Crippen molar-refractivity contribution in [2.75, 3.05) is 10.8 Å². The average molecular weight is 344 g/mol. The first kappa shape index (κ1) is 16.3. The van der Waals surface area contributed by atoms with Crippen molar-refractivity contribution in [2.45, 2.75) is 31.5 Å². The number of thiophene rings is 1. The summed E-state index contributed by atoms with van der Waals surface area (Å²) in [5, 5.41) is 0. The van der Waals surface area contributed by atoms with Crippen molar-refractivity contribution in [3.8, 4) is 0 Å². The average Bonchev–Trinajstić information content (AvgIpc) is 2.81. The number of aryl methyl sites for hydroxylation is 2. The number of rotatable bonds is 5. The Morgan fingerprint density at radius 2 is 1.95 bits per heavy atom. The third-order valence-corrected chi connectivity index (χ3v) is 6.86. The topological polar surface area (TPSA) is 37.4 Å². The van der Waals surface area contributed by atoms with Gasteiger partial charge in [0.1, 0.15) is 4.90 Å². The highest BCUT2D eigenvalue weighted by atomic mass is 35.5. The van der Waals surface area contributed by atoms with Crippen molar-refractivity contribution in [2.24, 2.45) is 0 Å². The summed E-state index contributed by atoms with van der Waals surface area (Å²) in [6.07, 6.45) is 0. The monoisotopic (exact) mass is 343 g/mol. The molecule has 1 aromatic carbocycles. The first-order valence-corrected chi connectivity index (χ1v) is 9.44. The van der Waals surface area contributed by atoms with Gasteiger partial charge >= 0.3 is 0 Å². The summed E-state index contributed by atoms with van der Waals surface area (Å²) in [4.78, 5) is 2.00. The van der Waals surface area contributed by atoms with E-state index >= 15 is 0 Å². The van der Waals surface area contributed by atoms with Gasteiger partial charge in [0.25, 0.3) is 10.0 Å². The van der Waals surface area contributed by atoms with Crippen LogP contribution in [0.4, 0.5) is 5.69 Å². The molecule has 0 aliphatic heterocycles. The Morgan fingerprint density at radius 1 is 1.24 bits per heavy atom. The van der Waals surface area contributed by atoms with Crippen LogP contribution in [0.1, 0.15) is 22.2 Å². The van der Waals surface area contributed by atoms with Crippen molar-refractivity contribution in [1.82, 2.24) is 0 Å². The Bertz CT molecular complexity index is 738. The lowest BCUT2D eigenvalue weighted by Crippen LogP contribution is -2.30. The van der Waals surface area contributed by atoms with Crippen LogP contribution in [0.25, 0.3) is 0 Å². The summed E-state index contributed by atoms with van der Waals surface area (Å²) < 4.78 is 27.3. The van der Waals surface area contributed by atoms with E-state index < -0.39 is 10.0 Å². The molecule has 0 saturated heterocycles. The number of hydrogen-bond acceptors (Lipinski definition) is 3. The van der Waals surface area contributed by atoms with Gasteiger partial charge in [0, 0.05) is 16.3 Å². The minimum absolute atomic E-state index is 0.331. The molecule has 21 heavy (non-hydrogen) atoms. The normalized spacial score (nSPS) is 11.6. The largest absolute Gasteiger partial charge is 0.267 e. The molecule has 1 heterocycles. The summed E-state index contributed by atoms with van der Waals surface area (Å²) >= 11 is 7.25. The molecule has 6 heteroatoms. The number of halogens is 1. The molecule has 2 aromatic rings. The van der Waals surface area contributed by atoms with E-state index in [-0.39, 0.29) is 0 Å². The van der Waals surface area contributed by atoms with Gasteiger partial charge in [-0.25, -0.2) is 8.42 Å². The minimum Gasteiger partial charge on any atom is -0.267 e. The van der Waals surface area contributed by atoms with Gasteiger partial charge in [-0.05, 0) is 44.5 Å². The second-order valence-electron chi connectivity index (χ2n) is 4.78. The number of hydrogen-bond donors (Lipinski definition) is 0. The van der Waals surface area contributed by atoms with E-state index in [1.54, 1.807) is 6.07 Å². The Hall–Kier alpha value is -1.04. The van der Waals surface area contributed by atoms with Crippen molar-refractivity contribution in [1.29, 1.82) is 0 Å². The zero-order chi connectivity index (χ0) is 15.6. The van der Waals surface area contributed by atoms with Crippen LogP contribution in [-0.4, -0.2) is 15.0 Å². The van der Waals surface area contributed by atoms with E-state index in [1.807, 2.05) is 45.0 Å². The Balaban J connectivity index is 2.51. The third-order valence-electron chi connectivity index (χ3n) is 3.20. The molecule has 0 aliphatic rings. The summed E-state index contributed by atoms with van der Waals surface area (Å²) in [5.41, 5.74) is 1.72. The summed E-state index contributed by atoms with van der Waals surface area (Å²) in [7, 11) is -3.56. The van der Waals surface area contributed by atoms with Crippen LogP contribution in [0, 0.1) is 13.8 Å². The molecule has 0 saturated carbocycles. The van der Waals surface area contributed by atoms with Crippen LogP contribution in [0.3, 0.4) is 0 Å². The maximum Gasteiger partial charge on any atom is 0.265 e. The molecular weight excluding hydrogens is 326 g/mol. The van der Waals surface area contributed by atoms with E-state index in [1.165, 1.54) is 15.6 Å². The van der Waals surface area contributed by atoms with Crippen LogP contribution in [-0.2, 0) is 15.9 Å². The van der Waals surface area contributed by atoms with Crippen molar-refractivity contribution in [3.05, 3.63) is 45.6 Å². The van der Waals surface area contributed by atoms with Crippen LogP contribution in [0.2, 0.25) is 0 Å². The number of benzene rings is 1. The standard InChI is InChI=1S/C15H18ClNO2S2/c1-4-17(13-7-5-6-11(2)8-13)21(18,19)15-9-14(10-16)20-12(15)3/h5-9H,4,10H2,1-3H3. The van der Waals surface area contributed by atoms with Gasteiger partial charge in [-0.1, -0.05) is 12.1 Å². The highest BCUT2D eigenvalue weighted by molar-refractivity contribution is 7.93. The van der Waals surface area contributed by atoms with E-state index in [0.717, 1.165) is 15.3 Å². The fourth-order valence-corrected chi connectivity index (χ4v) is 5.40. The lowest BCUT2D eigenvalue weighted by molar-refractivity contribution is 0.591. The second kappa shape index (κ2) is 6.38. The smallest absolute Gasteiger partial charge is 0.265 e. The maximum absolute atomic E-state index is 12.9. The highest BCUT2D eigenvalue weighted by Crippen LogP contribution is 2.31. The first-order chi connectivity index (χ1) is 9.90. The fourth-order valence-electron chi connectivity index (χ4n) is 2.24. The SMILES string of the molecule is CCN(c1cccc(C)c1)S(=O)(=O)c1cc(CCl)sc1C. The molecule has 0 unspecified atom stereocenters. The molecule has 0 spiro atoms. The van der Waals surface area contributed by atoms with Gasteiger partial charge in [0.05, 0.1) is 11.6 Å². The summed E-state index contributed by atoms with van der Waals surface area (Å²) in [5.74, 6) is 0.331. The maximum atomic E-state index is 12.9. The highest BCUT2D eigenvalue weighted by Gasteiger charge is 2.27. The molecule has 2 rings (SSSR count). The number of anilines is 1. The molecule has 0 bridgehead atoms. The molecule has 114 valence electrons. The van der Waals surface area contributed by atoms with Crippen molar-refractivity contribution < 1.29 is 8.42 Å². The molecule has 3 nitrogen and oxygen atoms in total. The van der Waals surface area contributed by atoms with Gasteiger partial charge < -0.3 is 0 Å². The van der Waals surface area contributed by atoms with E-state index in [2.05, 4.69) is 0 Å². The molecule has 1 aromatic heterocycles. The van der Waals surface area contributed by atoms with Crippen molar-refractivity contribution in [3.63, 3.8) is 0 Å². The van der Waals surface area contributed by atoms with Gasteiger partial charge in [-0.2, -0.15) is 0 Å². The summed E-state index contributed by atoms with van der Waals surface area (Å²) in [6, 6.07) is 9.20. The predicted octanol–water partition coefficient (Wildman–Crippen LogP) is 4.32. The van der Waals surface area contributed by atoms with Crippen LogP contribution >= 0.6 is 22.9 Å². The Morgan fingerprint density at radius 3 is 2.48 bits per heavy atom. The van der Waals surface area contributed by atoms with Gasteiger partial charge in [0.2, 0.25) is 0 Å². The van der Waals surface area contributed by atoms with E-state index in [9.17, 15) is 8.42 Å². The first-order valence-electron chi connectivity index (χ1n) is 6.64. The molecule has 0 radical (unpaired) electrons. The number of sulfonamides is 1. The third kappa shape index (κ3) is 3.25. The molecular formula is C15H18ClNO2S2. The molecule has 0 amide bonds. The fraction of sp³-hybridized carbons (Fsp3) is 0.333. The molecule has 0 N–H and O–H groups in total. The zero-order valence-electron chi connectivity index (χ0n) is 12.3. The van der Waals surface area contributed by atoms with Crippen molar-refractivity contribution >= 4 is 38.6 Å². The number of nitrogens with zero attached hydrogens (tertiary/aromatic N) is 1. The van der Waals surface area contributed by atoms with Crippen LogP contribution in [0.15, 0.2) is 35.2 Å². The van der Waals surface area contributed by atoms with Crippen LogP contribution in [0.5, 0.6) is 0 Å². The van der Waals surface area contributed by atoms with Gasteiger partial charge in [-0.15, -0.1) is 22.9 Å². The second-order valence-corrected chi connectivity index (χ2v) is 8.21. The quantitative estimate of drug-likeness (QED) is 0.758. The number of alkyl halides is 1. The predicted molar refractivity (Wildman–Crippen MR) is 90.0 cm³/mol. The Kier molecular flexibility index (Phi) is 4.96.